The van der Waals surface area contributed by atoms with Crippen molar-refractivity contribution in [3.05, 3.63) is 35.2 Å². The Balaban J connectivity index is 2.66. The minimum Gasteiger partial charge on any atom is -0.263 e. The number of pyridine rings is 1. The van der Waals surface area contributed by atoms with E-state index >= 15 is 0 Å². The van der Waals surface area contributed by atoms with Crippen LogP contribution in [0.3, 0.4) is 0 Å². The van der Waals surface area contributed by atoms with Gasteiger partial charge in [-0.1, -0.05) is 12.2 Å². The van der Waals surface area contributed by atoms with Gasteiger partial charge in [-0.2, -0.15) is 5.26 Å². The van der Waals surface area contributed by atoms with Gasteiger partial charge in [0.25, 0.3) is 0 Å². The molecular formula is C9H6N2. The van der Waals surface area contributed by atoms with E-state index in [-0.39, 0.29) is 0 Å². The van der Waals surface area contributed by atoms with Crippen LogP contribution in [0.1, 0.15) is 16.7 Å². The van der Waals surface area contributed by atoms with E-state index in [1.165, 1.54) is 0 Å². The molecule has 0 bridgehead atoms. The van der Waals surface area contributed by atoms with E-state index < -0.39 is 0 Å². The molecule has 2 nitrogen and oxygen atoms in total. The summed E-state index contributed by atoms with van der Waals surface area (Å²) in [5.41, 5.74) is 2.90. The zero-order valence-corrected chi connectivity index (χ0v) is 5.91. The van der Waals surface area contributed by atoms with Crippen molar-refractivity contribution in [2.45, 2.75) is 6.42 Å². The minimum atomic E-state index is 0.701. The fourth-order valence-electron chi connectivity index (χ4n) is 1.27. The minimum absolute atomic E-state index is 0.701. The SMILES string of the molecule is N#Cc1cncc2c1CC=C2. The van der Waals surface area contributed by atoms with E-state index in [2.05, 4.69) is 11.1 Å². The van der Waals surface area contributed by atoms with Crippen LogP contribution >= 0.6 is 0 Å². The third-order valence-corrected chi connectivity index (χ3v) is 1.83. The summed E-state index contributed by atoms with van der Waals surface area (Å²) < 4.78 is 0. The fraction of sp³-hybridized carbons (Fsp3) is 0.111. The van der Waals surface area contributed by atoms with E-state index in [1.54, 1.807) is 12.4 Å². The number of nitrogens with zero attached hydrogens (tertiary/aromatic N) is 2. The summed E-state index contributed by atoms with van der Waals surface area (Å²) in [6.45, 7) is 0. The molecule has 0 radical (unpaired) electrons. The molecule has 1 aromatic rings. The van der Waals surface area contributed by atoms with Crippen molar-refractivity contribution < 1.29 is 0 Å². The van der Waals surface area contributed by atoms with Crippen LogP contribution in [0.2, 0.25) is 0 Å². The average molecular weight is 142 g/mol. The van der Waals surface area contributed by atoms with Crippen LogP contribution < -0.4 is 0 Å². The lowest BCUT2D eigenvalue weighted by Crippen LogP contribution is -1.89. The molecular weight excluding hydrogens is 136 g/mol. The Kier molecular flexibility index (Phi) is 1.23. The molecule has 0 fully saturated rings. The number of rotatable bonds is 0. The van der Waals surface area contributed by atoms with Crippen molar-refractivity contribution in [1.29, 1.82) is 5.26 Å². The summed E-state index contributed by atoms with van der Waals surface area (Å²) in [5.74, 6) is 0. The zero-order valence-electron chi connectivity index (χ0n) is 5.91. The molecule has 1 heterocycles. The molecule has 0 atom stereocenters. The third kappa shape index (κ3) is 0.821. The lowest BCUT2D eigenvalue weighted by Gasteiger charge is -1.97. The predicted molar refractivity (Wildman–Crippen MR) is 41.7 cm³/mol. The van der Waals surface area contributed by atoms with Crippen LogP contribution in [0.5, 0.6) is 0 Å². The summed E-state index contributed by atoms with van der Waals surface area (Å²) in [6, 6.07) is 2.12. The standard InChI is InChI=1S/C9H6N2/c10-4-8-6-11-5-7-2-1-3-9(7)8/h1-2,5-6H,3H2. The van der Waals surface area contributed by atoms with Crippen molar-refractivity contribution in [2.75, 3.05) is 0 Å². The Bertz CT molecular complexity index is 358. The van der Waals surface area contributed by atoms with Crippen LogP contribution in [0, 0.1) is 11.3 Å². The molecule has 0 amide bonds. The van der Waals surface area contributed by atoms with Crippen molar-refractivity contribution in [2.24, 2.45) is 0 Å². The molecule has 0 N–H and O–H groups in total. The van der Waals surface area contributed by atoms with Crippen molar-refractivity contribution >= 4 is 6.08 Å². The Labute approximate surface area is 64.8 Å². The molecule has 0 aromatic carbocycles. The molecule has 0 unspecified atom stereocenters. The predicted octanol–water partition coefficient (Wildman–Crippen LogP) is 1.52. The average Bonchev–Trinajstić information content (AvgIpc) is 2.50. The van der Waals surface area contributed by atoms with Crippen molar-refractivity contribution in [1.82, 2.24) is 4.98 Å². The van der Waals surface area contributed by atoms with Crippen molar-refractivity contribution in [3.63, 3.8) is 0 Å². The van der Waals surface area contributed by atoms with Gasteiger partial charge in [-0.15, -0.1) is 0 Å². The fourth-order valence-corrected chi connectivity index (χ4v) is 1.27. The molecule has 0 saturated carbocycles. The highest BCUT2D eigenvalue weighted by molar-refractivity contribution is 5.62. The van der Waals surface area contributed by atoms with Crippen molar-refractivity contribution in [3.8, 4) is 6.07 Å². The van der Waals surface area contributed by atoms with Gasteiger partial charge in [-0.25, -0.2) is 0 Å². The van der Waals surface area contributed by atoms with Crippen LogP contribution in [0.15, 0.2) is 18.5 Å². The van der Waals surface area contributed by atoms with Gasteiger partial charge in [0.1, 0.15) is 6.07 Å². The quantitative estimate of drug-likeness (QED) is 0.550. The second-order valence-corrected chi connectivity index (χ2v) is 2.47. The largest absolute Gasteiger partial charge is 0.263 e. The first-order valence-corrected chi connectivity index (χ1v) is 3.45. The van der Waals surface area contributed by atoms with Crippen LogP contribution in [-0.2, 0) is 6.42 Å². The molecule has 1 aromatic heterocycles. The highest BCUT2D eigenvalue weighted by Gasteiger charge is 2.08. The molecule has 11 heavy (non-hydrogen) atoms. The van der Waals surface area contributed by atoms with E-state index in [0.717, 1.165) is 17.5 Å². The second kappa shape index (κ2) is 2.21. The maximum atomic E-state index is 8.68. The van der Waals surface area contributed by atoms with Gasteiger partial charge in [0.2, 0.25) is 0 Å². The van der Waals surface area contributed by atoms with Gasteiger partial charge in [-0.05, 0) is 17.5 Å². The van der Waals surface area contributed by atoms with E-state index in [4.69, 9.17) is 5.26 Å². The Morgan fingerprint density at radius 3 is 3.18 bits per heavy atom. The molecule has 2 rings (SSSR count). The van der Waals surface area contributed by atoms with Crippen LogP contribution in [-0.4, -0.2) is 4.98 Å². The first kappa shape index (κ1) is 6.11. The number of allylic oxidation sites excluding steroid dienone is 1. The maximum Gasteiger partial charge on any atom is 0.101 e. The Morgan fingerprint density at radius 1 is 1.45 bits per heavy atom. The highest BCUT2D eigenvalue weighted by Crippen LogP contribution is 2.20. The van der Waals surface area contributed by atoms with Gasteiger partial charge in [0.05, 0.1) is 5.56 Å². The van der Waals surface area contributed by atoms with Crippen LogP contribution in [0.4, 0.5) is 0 Å². The zero-order chi connectivity index (χ0) is 7.68. The van der Waals surface area contributed by atoms with Gasteiger partial charge in [0.15, 0.2) is 0 Å². The summed E-state index contributed by atoms with van der Waals surface area (Å²) in [5, 5.41) is 8.68. The van der Waals surface area contributed by atoms with E-state index in [1.807, 2.05) is 12.2 Å². The molecule has 0 aliphatic heterocycles. The molecule has 1 aliphatic carbocycles. The monoisotopic (exact) mass is 142 g/mol. The van der Waals surface area contributed by atoms with Crippen LogP contribution in [0.25, 0.3) is 6.08 Å². The Morgan fingerprint density at radius 2 is 2.36 bits per heavy atom. The van der Waals surface area contributed by atoms with E-state index in [9.17, 15) is 0 Å². The first-order chi connectivity index (χ1) is 5.42. The number of hydrogen-bond donors (Lipinski definition) is 0. The number of nitriles is 1. The lowest BCUT2D eigenvalue weighted by molar-refractivity contribution is 1.20. The number of aromatic nitrogens is 1. The normalized spacial score (nSPS) is 12.6. The lowest BCUT2D eigenvalue weighted by atomic mass is 10.1. The molecule has 0 spiro atoms. The summed E-state index contributed by atoms with van der Waals surface area (Å²) in [7, 11) is 0. The molecule has 2 heteroatoms. The number of hydrogen-bond acceptors (Lipinski definition) is 2. The smallest absolute Gasteiger partial charge is 0.101 e. The van der Waals surface area contributed by atoms with Gasteiger partial charge in [0, 0.05) is 12.4 Å². The Hall–Kier alpha value is -1.62. The number of fused-ring (bicyclic) bond motifs is 1. The van der Waals surface area contributed by atoms with E-state index in [0.29, 0.717) is 5.56 Å². The third-order valence-electron chi connectivity index (χ3n) is 1.83. The summed E-state index contributed by atoms with van der Waals surface area (Å²) >= 11 is 0. The molecule has 1 aliphatic rings. The van der Waals surface area contributed by atoms with Gasteiger partial charge in [-0.3, -0.25) is 4.98 Å². The maximum absolute atomic E-state index is 8.68. The topological polar surface area (TPSA) is 36.7 Å². The molecule has 0 saturated heterocycles. The summed E-state index contributed by atoms with van der Waals surface area (Å²) in [6.07, 6.45) is 8.34. The second-order valence-electron chi connectivity index (χ2n) is 2.47. The molecule has 52 valence electrons. The first-order valence-electron chi connectivity index (χ1n) is 3.45. The summed E-state index contributed by atoms with van der Waals surface area (Å²) in [4.78, 5) is 3.95. The van der Waals surface area contributed by atoms with Gasteiger partial charge < -0.3 is 0 Å². The highest BCUT2D eigenvalue weighted by atomic mass is 14.6. The van der Waals surface area contributed by atoms with Gasteiger partial charge >= 0.3 is 0 Å².